The largest absolute Gasteiger partial charge is 0.392 e. The summed E-state index contributed by atoms with van der Waals surface area (Å²) in [4.78, 5) is 11.8. The number of carbonyl (C=O) groups is 1. The fraction of sp³-hybridized carbons (Fsp3) is 0.588. The molecule has 2 N–H and O–H groups in total. The molecule has 0 spiro atoms. The van der Waals surface area contributed by atoms with Gasteiger partial charge in [-0.25, -0.2) is 0 Å². The van der Waals surface area contributed by atoms with E-state index in [1.807, 2.05) is 20.8 Å². The first-order valence-corrected chi connectivity index (χ1v) is 7.33. The monoisotopic (exact) mass is 277 g/mol. The van der Waals surface area contributed by atoms with Crippen molar-refractivity contribution in [3.05, 3.63) is 34.9 Å². The molecular weight excluding hydrogens is 250 g/mol. The Morgan fingerprint density at radius 2 is 1.90 bits per heavy atom. The second-order valence-corrected chi connectivity index (χ2v) is 6.12. The number of aliphatic hydroxyl groups excluding tert-OH is 1. The molecule has 0 aliphatic rings. The van der Waals surface area contributed by atoms with Crippen LogP contribution < -0.4 is 5.32 Å². The Balaban J connectivity index is 2.51. The Hall–Kier alpha value is -1.35. The summed E-state index contributed by atoms with van der Waals surface area (Å²) in [5, 5.41) is 12.7. The van der Waals surface area contributed by atoms with E-state index >= 15 is 0 Å². The SMILES string of the molecule is Cc1ccc(CC(C)NC(=O)CC(O)C(C)C)c(C)c1. The molecule has 0 radical (unpaired) electrons. The van der Waals surface area contributed by atoms with Crippen LogP contribution in [0.1, 0.15) is 43.9 Å². The van der Waals surface area contributed by atoms with Crippen molar-refractivity contribution in [3.8, 4) is 0 Å². The zero-order valence-electron chi connectivity index (χ0n) is 13.2. The van der Waals surface area contributed by atoms with Gasteiger partial charge in [0.05, 0.1) is 12.5 Å². The molecule has 3 nitrogen and oxygen atoms in total. The zero-order valence-corrected chi connectivity index (χ0v) is 13.2. The maximum absolute atomic E-state index is 11.8. The van der Waals surface area contributed by atoms with Gasteiger partial charge >= 0.3 is 0 Å². The van der Waals surface area contributed by atoms with E-state index in [0.717, 1.165) is 6.42 Å². The van der Waals surface area contributed by atoms with E-state index in [1.165, 1.54) is 16.7 Å². The van der Waals surface area contributed by atoms with Crippen molar-refractivity contribution in [2.45, 2.75) is 59.6 Å². The van der Waals surface area contributed by atoms with E-state index in [4.69, 9.17) is 0 Å². The number of hydrogen-bond donors (Lipinski definition) is 2. The molecule has 1 aromatic carbocycles. The van der Waals surface area contributed by atoms with Crippen molar-refractivity contribution in [1.29, 1.82) is 0 Å². The van der Waals surface area contributed by atoms with Gasteiger partial charge in [0.25, 0.3) is 0 Å². The predicted molar refractivity (Wildman–Crippen MR) is 82.7 cm³/mol. The third kappa shape index (κ3) is 5.33. The molecule has 0 aromatic heterocycles. The smallest absolute Gasteiger partial charge is 0.222 e. The standard InChI is InChI=1S/C17H27NO2/c1-11(2)16(19)10-17(20)18-14(5)9-15-7-6-12(3)8-13(15)4/h6-8,11,14,16,19H,9-10H2,1-5H3,(H,18,20). The highest BCUT2D eigenvalue weighted by atomic mass is 16.3. The molecular formula is C17H27NO2. The van der Waals surface area contributed by atoms with Crippen LogP contribution in [0.3, 0.4) is 0 Å². The molecule has 112 valence electrons. The molecule has 3 heteroatoms. The zero-order chi connectivity index (χ0) is 15.3. The number of carbonyl (C=O) groups excluding carboxylic acids is 1. The number of amides is 1. The second-order valence-electron chi connectivity index (χ2n) is 6.12. The first kappa shape index (κ1) is 16.7. The Bertz CT molecular complexity index is 454. The summed E-state index contributed by atoms with van der Waals surface area (Å²) < 4.78 is 0. The molecule has 2 atom stereocenters. The minimum Gasteiger partial charge on any atom is -0.392 e. The molecule has 0 fully saturated rings. The lowest BCUT2D eigenvalue weighted by Crippen LogP contribution is -2.37. The summed E-state index contributed by atoms with van der Waals surface area (Å²) in [5.74, 6) is 0.0267. The van der Waals surface area contributed by atoms with Crippen LogP contribution in [0.25, 0.3) is 0 Å². The molecule has 1 aromatic rings. The molecule has 0 heterocycles. The highest BCUT2D eigenvalue weighted by molar-refractivity contribution is 5.76. The molecule has 0 bridgehead atoms. The maximum Gasteiger partial charge on any atom is 0.222 e. The van der Waals surface area contributed by atoms with Crippen molar-refractivity contribution < 1.29 is 9.90 Å². The molecule has 0 saturated carbocycles. The van der Waals surface area contributed by atoms with Crippen molar-refractivity contribution in [2.24, 2.45) is 5.92 Å². The summed E-state index contributed by atoms with van der Waals surface area (Å²) in [7, 11) is 0. The Morgan fingerprint density at radius 3 is 2.45 bits per heavy atom. The first-order valence-electron chi connectivity index (χ1n) is 7.33. The van der Waals surface area contributed by atoms with Crippen molar-refractivity contribution in [2.75, 3.05) is 0 Å². The average molecular weight is 277 g/mol. The van der Waals surface area contributed by atoms with E-state index in [0.29, 0.717) is 0 Å². The molecule has 1 amide bonds. The summed E-state index contributed by atoms with van der Waals surface area (Å²) in [6.07, 6.45) is 0.424. The van der Waals surface area contributed by atoms with Crippen LogP contribution in [0.2, 0.25) is 0 Å². The van der Waals surface area contributed by atoms with Gasteiger partial charge in [-0.3, -0.25) is 4.79 Å². The summed E-state index contributed by atoms with van der Waals surface area (Å²) in [5.41, 5.74) is 3.77. The Kier molecular flexibility index (Phi) is 6.21. The van der Waals surface area contributed by atoms with Crippen molar-refractivity contribution in [3.63, 3.8) is 0 Å². The predicted octanol–water partition coefficient (Wildman–Crippen LogP) is 2.76. The van der Waals surface area contributed by atoms with E-state index in [9.17, 15) is 9.90 Å². The molecule has 0 aliphatic heterocycles. The van der Waals surface area contributed by atoms with Gasteiger partial charge in [-0.05, 0) is 44.2 Å². The summed E-state index contributed by atoms with van der Waals surface area (Å²) in [6, 6.07) is 6.45. The van der Waals surface area contributed by atoms with Gasteiger partial charge in [0.1, 0.15) is 0 Å². The maximum atomic E-state index is 11.8. The van der Waals surface area contributed by atoms with Gasteiger partial charge in [-0.2, -0.15) is 0 Å². The lowest BCUT2D eigenvalue weighted by atomic mass is 9.99. The summed E-state index contributed by atoms with van der Waals surface area (Å²) >= 11 is 0. The molecule has 2 unspecified atom stereocenters. The normalized spacial score (nSPS) is 14.2. The highest BCUT2D eigenvalue weighted by Crippen LogP contribution is 2.13. The fourth-order valence-corrected chi connectivity index (χ4v) is 2.22. The first-order chi connectivity index (χ1) is 9.29. The van der Waals surface area contributed by atoms with Crippen LogP contribution in [0.15, 0.2) is 18.2 Å². The third-order valence-corrected chi connectivity index (χ3v) is 3.60. The quantitative estimate of drug-likeness (QED) is 0.840. The van der Waals surface area contributed by atoms with Gasteiger partial charge in [0, 0.05) is 6.04 Å². The van der Waals surface area contributed by atoms with E-state index in [-0.39, 0.29) is 24.3 Å². The lowest BCUT2D eigenvalue weighted by molar-refractivity contribution is -0.124. The second kappa shape index (κ2) is 7.44. The molecule has 0 saturated heterocycles. The molecule has 20 heavy (non-hydrogen) atoms. The van der Waals surface area contributed by atoms with Crippen LogP contribution >= 0.6 is 0 Å². The topological polar surface area (TPSA) is 49.3 Å². The lowest BCUT2D eigenvalue weighted by Gasteiger charge is -2.18. The van der Waals surface area contributed by atoms with Gasteiger partial charge < -0.3 is 10.4 Å². The highest BCUT2D eigenvalue weighted by Gasteiger charge is 2.16. The van der Waals surface area contributed by atoms with E-state index in [1.54, 1.807) is 0 Å². The van der Waals surface area contributed by atoms with E-state index < -0.39 is 6.10 Å². The molecule has 0 aliphatic carbocycles. The van der Waals surface area contributed by atoms with E-state index in [2.05, 4.69) is 37.4 Å². The number of nitrogens with one attached hydrogen (secondary N) is 1. The average Bonchev–Trinajstić information content (AvgIpc) is 2.32. The minimum atomic E-state index is -0.566. The molecule has 1 rings (SSSR count). The summed E-state index contributed by atoms with van der Waals surface area (Å²) in [6.45, 7) is 10.0. The van der Waals surface area contributed by atoms with Crippen LogP contribution in [0.5, 0.6) is 0 Å². The Labute approximate surface area is 122 Å². The minimum absolute atomic E-state index is 0.0725. The third-order valence-electron chi connectivity index (χ3n) is 3.60. The number of hydrogen-bond acceptors (Lipinski definition) is 2. The number of aliphatic hydroxyl groups is 1. The Morgan fingerprint density at radius 1 is 1.25 bits per heavy atom. The van der Waals surface area contributed by atoms with Gasteiger partial charge in [0.15, 0.2) is 0 Å². The fourth-order valence-electron chi connectivity index (χ4n) is 2.22. The van der Waals surface area contributed by atoms with Crippen molar-refractivity contribution >= 4 is 5.91 Å². The van der Waals surface area contributed by atoms with Crippen LogP contribution in [0.4, 0.5) is 0 Å². The van der Waals surface area contributed by atoms with Gasteiger partial charge in [-0.1, -0.05) is 37.6 Å². The number of rotatable bonds is 6. The number of benzene rings is 1. The van der Waals surface area contributed by atoms with Gasteiger partial charge in [0.2, 0.25) is 5.91 Å². The van der Waals surface area contributed by atoms with Crippen LogP contribution in [-0.4, -0.2) is 23.2 Å². The van der Waals surface area contributed by atoms with Crippen molar-refractivity contribution in [1.82, 2.24) is 5.32 Å². The van der Waals surface area contributed by atoms with Crippen LogP contribution in [0, 0.1) is 19.8 Å². The van der Waals surface area contributed by atoms with Crippen LogP contribution in [-0.2, 0) is 11.2 Å². The number of aryl methyl sites for hydroxylation is 2. The van der Waals surface area contributed by atoms with Gasteiger partial charge in [-0.15, -0.1) is 0 Å².